The third-order valence-corrected chi connectivity index (χ3v) is 3.73. The molecule has 0 radical (unpaired) electrons. The van der Waals surface area contributed by atoms with E-state index in [-0.39, 0.29) is 5.54 Å². The van der Waals surface area contributed by atoms with Crippen LogP contribution < -0.4 is 10.1 Å². The fourth-order valence-electron chi connectivity index (χ4n) is 2.14. The molecule has 0 fully saturated rings. The highest BCUT2D eigenvalue weighted by molar-refractivity contribution is 6.31. The van der Waals surface area contributed by atoms with Crippen molar-refractivity contribution in [2.75, 3.05) is 13.2 Å². The van der Waals surface area contributed by atoms with Crippen LogP contribution in [-0.4, -0.2) is 18.7 Å². The van der Waals surface area contributed by atoms with Gasteiger partial charge >= 0.3 is 0 Å². The zero-order chi connectivity index (χ0) is 16.0. The summed E-state index contributed by atoms with van der Waals surface area (Å²) in [5.41, 5.74) is 2.46. The number of ether oxygens (including phenoxy) is 1. The van der Waals surface area contributed by atoms with Crippen molar-refractivity contribution in [1.82, 2.24) is 5.32 Å². The normalized spacial score (nSPS) is 12.0. The number of rotatable bonds is 7. The van der Waals surface area contributed by atoms with Crippen LogP contribution in [0.25, 0.3) is 0 Å². The standard InChI is InChI=1S/C18H30ClNO/c1-13(2)15-12-17(14(3)11-16(15)19)21-10-8-7-9-20-18(4,5)6/h11-13,20H,7-10H2,1-6H3. The van der Waals surface area contributed by atoms with Gasteiger partial charge in [0.25, 0.3) is 0 Å². The molecule has 0 amide bonds. The zero-order valence-corrected chi connectivity index (χ0v) is 15.1. The summed E-state index contributed by atoms with van der Waals surface area (Å²) >= 11 is 6.28. The second-order valence-corrected chi connectivity index (χ2v) is 7.43. The summed E-state index contributed by atoms with van der Waals surface area (Å²) in [6, 6.07) is 4.10. The van der Waals surface area contributed by atoms with Gasteiger partial charge in [-0.2, -0.15) is 0 Å². The number of aryl methyl sites for hydroxylation is 1. The Labute approximate surface area is 135 Å². The summed E-state index contributed by atoms with van der Waals surface area (Å²) in [7, 11) is 0. The lowest BCUT2D eigenvalue weighted by Crippen LogP contribution is -2.36. The molecule has 1 aromatic rings. The molecule has 0 saturated carbocycles. The maximum Gasteiger partial charge on any atom is 0.122 e. The molecule has 1 N–H and O–H groups in total. The van der Waals surface area contributed by atoms with E-state index >= 15 is 0 Å². The molecule has 0 unspecified atom stereocenters. The molecule has 0 saturated heterocycles. The van der Waals surface area contributed by atoms with Crippen molar-refractivity contribution in [3.63, 3.8) is 0 Å². The molecule has 0 aromatic heterocycles. The van der Waals surface area contributed by atoms with E-state index in [0.29, 0.717) is 5.92 Å². The maximum absolute atomic E-state index is 6.28. The fourth-order valence-corrected chi connectivity index (χ4v) is 2.58. The lowest BCUT2D eigenvalue weighted by atomic mass is 10.0. The highest BCUT2D eigenvalue weighted by Gasteiger charge is 2.10. The van der Waals surface area contributed by atoms with Gasteiger partial charge < -0.3 is 10.1 Å². The number of hydrogen-bond donors (Lipinski definition) is 1. The van der Waals surface area contributed by atoms with Gasteiger partial charge in [-0.05, 0) is 76.3 Å². The molecule has 0 heterocycles. The Morgan fingerprint density at radius 3 is 2.43 bits per heavy atom. The average molecular weight is 312 g/mol. The van der Waals surface area contributed by atoms with Gasteiger partial charge in [-0.3, -0.25) is 0 Å². The van der Waals surface area contributed by atoms with Crippen LogP contribution in [-0.2, 0) is 0 Å². The van der Waals surface area contributed by atoms with Gasteiger partial charge in [-0.15, -0.1) is 0 Å². The average Bonchev–Trinajstić information content (AvgIpc) is 2.33. The molecule has 21 heavy (non-hydrogen) atoms. The molecule has 0 bridgehead atoms. The summed E-state index contributed by atoms with van der Waals surface area (Å²) in [4.78, 5) is 0. The van der Waals surface area contributed by atoms with Crippen LogP contribution in [0.1, 0.15) is 64.5 Å². The Balaban J connectivity index is 2.43. The third kappa shape index (κ3) is 6.71. The van der Waals surface area contributed by atoms with Crippen molar-refractivity contribution in [2.45, 2.75) is 65.8 Å². The Bertz CT molecular complexity index is 449. The minimum Gasteiger partial charge on any atom is -0.493 e. The van der Waals surface area contributed by atoms with Gasteiger partial charge in [0, 0.05) is 10.6 Å². The molecule has 1 aromatic carbocycles. The van der Waals surface area contributed by atoms with Gasteiger partial charge in [0.1, 0.15) is 5.75 Å². The van der Waals surface area contributed by atoms with Crippen molar-refractivity contribution in [3.05, 3.63) is 28.3 Å². The molecule has 0 aliphatic carbocycles. The first kappa shape index (κ1) is 18.3. The molecule has 120 valence electrons. The van der Waals surface area contributed by atoms with E-state index < -0.39 is 0 Å². The number of halogens is 1. The van der Waals surface area contributed by atoms with E-state index in [1.165, 1.54) is 0 Å². The van der Waals surface area contributed by atoms with Gasteiger partial charge in [0.05, 0.1) is 6.61 Å². The highest BCUT2D eigenvalue weighted by Crippen LogP contribution is 2.31. The number of nitrogens with one attached hydrogen (secondary N) is 1. The number of benzene rings is 1. The summed E-state index contributed by atoms with van der Waals surface area (Å²) in [5.74, 6) is 1.38. The van der Waals surface area contributed by atoms with Crippen molar-refractivity contribution >= 4 is 11.6 Å². The molecule has 1 rings (SSSR count). The number of hydrogen-bond acceptors (Lipinski definition) is 2. The molecule has 0 aliphatic heterocycles. The molecule has 3 heteroatoms. The Kier molecular flexibility index (Phi) is 7.02. The van der Waals surface area contributed by atoms with E-state index in [0.717, 1.165) is 47.9 Å². The molecule has 0 aliphatic rings. The van der Waals surface area contributed by atoms with E-state index in [2.05, 4.69) is 46.0 Å². The monoisotopic (exact) mass is 311 g/mol. The molecular formula is C18H30ClNO. The van der Waals surface area contributed by atoms with Crippen LogP contribution in [0.3, 0.4) is 0 Å². The largest absolute Gasteiger partial charge is 0.493 e. The smallest absolute Gasteiger partial charge is 0.122 e. The van der Waals surface area contributed by atoms with Gasteiger partial charge in [0.15, 0.2) is 0 Å². The summed E-state index contributed by atoms with van der Waals surface area (Å²) in [6.07, 6.45) is 2.18. The molecule has 0 spiro atoms. The van der Waals surface area contributed by atoms with E-state index in [9.17, 15) is 0 Å². The van der Waals surface area contributed by atoms with Gasteiger partial charge in [0.2, 0.25) is 0 Å². The lowest BCUT2D eigenvalue weighted by molar-refractivity contribution is 0.299. The SMILES string of the molecule is Cc1cc(Cl)c(C(C)C)cc1OCCCCNC(C)(C)C. The van der Waals surface area contributed by atoms with Gasteiger partial charge in [-0.25, -0.2) is 0 Å². The topological polar surface area (TPSA) is 21.3 Å². The van der Waals surface area contributed by atoms with E-state index in [4.69, 9.17) is 16.3 Å². The lowest BCUT2D eigenvalue weighted by Gasteiger charge is -2.20. The molecule has 2 nitrogen and oxygen atoms in total. The third-order valence-electron chi connectivity index (χ3n) is 3.40. The first-order valence-electron chi connectivity index (χ1n) is 7.88. The van der Waals surface area contributed by atoms with Crippen molar-refractivity contribution in [3.8, 4) is 5.75 Å². The predicted octanol–water partition coefficient (Wildman–Crippen LogP) is 5.32. The highest BCUT2D eigenvalue weighted by atomic mass is 35.5. The van der Waals surface area contributed by atoms with Gasteiger partial charge in [-0.1, -0.05) is 25.4 Å². The predicted molar refractivity (Wildman–Crippen MR) is 92.8 cm³/mol. The minimum absolute atomic E-state index is 0.194. The summed E-state index contributed by atoms with van der Waals surface area (Å²) in [5, 5.41) is 4.33. The molecule has 0 atom stereocenters. The van der Waals surface area contributed by atoms with Crippen molar-refractivity contribution < 1.29 is 4.74 Å². The van der Waals surface area contributed by atoms with Crippen LogP contribution in [0.2, 0.25) is 5.02 Å². The quantitative estimate of drug-likeness (QED) is 0.688. The summed E-state index contributed by atoms with van der Waals surface area (Å²) < 4.78 is 5.93. The Hall–Kier alpha value is -0.730. The van der Waals surface area contributed by atoms with Crippen LogP contribution in [0, 0.1) is 6.92 Å². The Morgan fingerprint density at radius 2 is 1.86 bits per heavy atom. The first-order chi connectivity index (χ1) is 9.70. The fraction of sp³-hybridized carbons (Fsp3) is 0.667. The van der Waals surface area contributed by atoms with Crippen LogP contribution in [0.5, 0.6) is 5.75 Å². The Morgan fingerprint density at radius 1 is 1.19 bits per heavy atom. The van der Waals surface area contributed by atoms with Crippen molar-refractivity contribution in [1.29, 1.82) is 0 Å². The van der Waals surface area contributed by atoms with Crippen LogP contribution >= 0.6 is 11.6 Å². The second-order valence-electron chi connectivity index (χ2n) is 7.03. The van der Waals surface area contributed by atoms with E-state index in [1.807, 2.05) is 13.0 Å². The molecular weight excluding hydrogens is 282 g/mol. The van der Waals surface area contributed by atoms with E-state index in [1.54, 1.807) is 0 Å². The summed E-state index contributed by atoms with van der Waals surface area (Å²) in [6.45, 7) is 14.7. The first-order valence-corrected chi connectivity index (χ1v) is 8.26. The minimum atomic E-state index is 0.194. The zero-order valence-electron chi connectivity index (χ0n) is 14.3. The van der Waals surface area contributed by atoms with Crippen LogP contribution in [0.15, 0.2) is 12.1 Å². The van der Waals surface area contributed by atoms with Crippen molar-refractivity contribution in [2.24, 2.45) is 0 Å². The second kappa shape index (κ2) is 8.05. The maximum atomic E-state index is 6.28. The van der Waals surface area contributed by atoms with Crippen LogP contribution in [0.4, 0.5) is 0 Å². The number of unbranched alkanes of at least 4 members (excludes halogenated alkanes) is 1.